The van der Waals surface area contributed by atoms with Crippen LogP contribution in [0.4, 0.5) is 5.69 Å². The summed E-state index contributed by atoms with van der Waals surface area (Å²) in [5.41, 5.74) is 1.56. The highest BCUT2D eigenvalue weighted by atomic mass is 32.1. The molecular weight excluding hydrogens is 338 g/mol. The molecule has 3 heterocycles. The van der Waals surface area contributed by atoms with Gasteiger partial charge in [-0.15, -0.1) is 11.3 Å². The largest absolute Gasteiger partial charge is 0.459 e. The molecule has 6 nitrogen and oxygen atoms in total. The van der Waals surface area contributed by atoms with Crippen molar-refractivity contribution in [3.8, 4) is 10.7 Å². The van der Waals surface area contributed by atoms with Gasteiger partial charge < -0.3 is 14.3 Å². The Kier molecular flexibility index (Phi) is 4.14. The highest BCUT2D eigenvalue weighted by Crippen LogP contribution is 2.24. The van der Waals surface area contributed by atoms with E-state index in [4.69, 9.17) is 8.94 Å². The maximum atomic E-state index is 12.2. The lowest BCUT2D eigenvalue weighted by Gasteiger charge is -2.08. The molecule has 25 heavy (non-hydrogen) atoms. The van der Waals surface area contributed by atoms with Gasteiger partial charge in [0.25, 0.3) is 5.91 Å². The summed E-state index contributed by atoms with van der Waals surface area (Å²) in [6.45, 7) is 0. The second kappa shape index (κ2) is 6.74. The van der Waals surface area contributed by atoms with Crippen molar-refractivity contribution in [2.24, 2.45) is 0 Å². The van der Waals surface area contributed by atoms with E-state index in [-0.39, 0.29) is 11.7 Å². The van der Waals surface area contributed by atoms with Gasteiger partial charge in [0, 0.05) is 5.69 Å². The summed E-state index contributed by atoms with van der Waals surface area (Å²) in [7, 11) is 0. The molecule has 0 spiro atoms. The van der Waals surface area contributed by atoms with Gasteiger partial charge in [-0.3, -0.25) is 4.79 Å². The Bertz CT molecular complexity index is 975. The predicted molar refractivity (Wildman–Crippen MR) is 93.5 cm³/mol. The third-order valence-corrected chi connectivity index (χ3v) is 4.43. The lowest BCUT2D eigenvalue weighted by atomic mass is 10.1. The first-order valence-electron chi connectivity index (χ1n) is 7.59. The first kappa shape index (κ1) is 15.3. The van der Waals surface area contributed by atoms with Crippen LogP contribution >= 0.6 is 11.3 Å². The molecule has 0 saturated carbocycles. The summed E-state index contributed by atoms with van der Waals surface area (Å²) in [5, 5.41) is 8.82. The summed E-state index contributed by atoms with van der Waals surface area (Å²) in [6.07, 6.45) is 1.89. The van der Waals surface area contributed by atoms with Crippen LogP contribution in [0.2, 0.25) is 0 Å². The number of hydrogen-bond acceptors (Lipinski definition) is 6. The van der Waals surface area contributed by atoms with Crippen molar-refractivity contribution >= 4 is 22.9 Å². The zero-order valence-electron chi connectivity index (χ0n) is 13.0. The number of anilines is 1. The predicted octanol–water partition coefficient (Wildman–Crippen LogP) is 4.23. The van der Waals surface area contributed by atoms with Crippen molar-refractivity contribution in [1.82, 2.24) is 10.1 Å². The Morgan fingerprint density at radius 2 is 2.04 bits per heavy atom. The zero-order valence-corrected chi connectivity index (χ0v) is 13.8. The number of carbonyl (C=O) groups excluding carboxylic acids is 1. The van der Waals surface area contributed by atoms with E-state index in [0.29, 0.717) is 23.8 Å². The summed E-state index contributed by atoms with van der Waals surface area (Å²) in [5.74, 6) is 1.01. The summed E-state index contributed by atoms with van der Waals surface area (Å²) in [4.78, 5) is 17.6. The Labute approximate surface area is 147 Å². The average molecular weight is 351 g/mol. The third kappa shape index (κ3) is 3.36. The molecule has 1 aromatic carbocycles. The summed E-state index contributed by atoms with van der Waals surface area (Å²) in [6, 6.07) is 14.7. The van der Waals surface area contributed by atoms with Gasteiger partial charge in [0.2, 0.25) is 11.7 Å². The van der Waals surface area contributed by atoms with Crippen molar-refractivity contribution in [3.05, 3.63) is 77.4 Å². The molecule has 0 aliphatic rings. The quantitative estimate of drug-likeness (QED) is 0.582. The van der Waals surface area contributed by atoms with E-state index >= 15 is 0 Å². The van der Waals surface area contributed by atoms with Gasteiger partial charge in [-0.1, -0.05) is 29.4 Å². The molecule has 0 saturated heterocycles. The normalized spacial score (nSPS) is 10.7. The number of carbonyl (C=O) groups is 1. The SMILES string of the molecule is O=C(Nc1ccccc1Cc1nc(-c2cccs2)no1)c1ccco1. The molecule has 4 aromatic rings. The molecule has 0 radical (unpaired) electrons. The van der Waals surface area contributed by atoms with Crippen molar-refractivity contribution in [3.63, 3.8) is 0 Å². The standard InChI is InChI=1S/C18H13N3O3S/c22-18(14-7-3-9-23-14)19-13-6-2-1-5-12(13)11-16-20-17(21-24-16)15-8-4-10-25-15/h1-10H,11H2,(H,19,22). The zero-order chi connectivity index (χ0) is 17.1. The molecule has 1 amide bonds. The average Bonchev–Trinajstić information content (AvgIpc) is 3.38. The molecule has 124 valence electrons. The number of thiophene rings is 1. The van der Waals surface area contributed by atoms with Crippen LogP contribution in [0.25, 0.3) is 10.7 Å². The van der Waals surface area contributed by atoms with Gasteiger partial charge in [0.1, 0.15) is 0 Å². The van der Waals surface area contributed by atoms with E-state index in [1.54, 1.807) is 23.5 Å². The fourth-order valence-electron chi connectivity index (χ4n) is 2.38. The monoisotopic (exact) mass is 351 g/mol. The molecule has 4 rings (SSSR count). The molecule has 0 unspecified atom stereocenters. The maximum Gasteiger partial charge on any atom is 0.291 e. The fourth-order valence-corrected chi connectivity index (χ4v) is 3.03. The number of furan rings is 1. The van der Waals surface area contributed by atoms with Crippen molar-refractivity contribution in [1.29, 1.82) is 0 Å². The van der Waals surface area contributed by atoms with Crippen LogP contribution in [-0.4, -0.2) is 16.0 Å². The van der Waals surface area contributed by atoms with E-state index < -0.39 is 0 Å². The second-order valence-electron chi connectivity index (χ2n) is 5.25. The van der Waals surface area contributed by atoms with Crippen LogP contribution < -0.4 is 5.32 Å². The van der Waals surface area contributed by atoms with Gasteiger partial charge in [-0.2, -0.15) is 4.98 Å². The van der Waals surface area contributed by atoms with Crippen molar-refractivity contribution in [2.75, 3.05) is 5.32 Å². The van der Waals surface area contributed by atoms with Crippen molar-refractivity contribution < 1.29 is 13.7 Å². The van der Waals surface area contributed by atoms with Crippen LogP contribution in [0.3, 0.4) is 0 Å². The molecule has 1 N–H and O–H groups in total. The number of benzene rings is 1. The number of para-hydroxylation sites is 1. The number of aromatic nitrogens is 2. The molecule has 3 aromatic heterocycles. The van der Waals surface area contributed by atoms with Crippen LogP contribution in [0.5, 0.6) is 0 Å². The van der Waals surface area contributed by atoms with Gasteiger partial charge in [-0.05, 0) is 35.2 Å². The molecule has 0 aliphatic carbocycles. The second-order valence-corrected chi connectivity index (χ2v) is 6.20. The Balaban J connectivity index is 1.54. The Hall–Kier alpha value is -3.19. The summed E-state index contributed by atoms with van der Waals surface area (Å²) < 4.78 is 10.5. The van der Waals surface area contributed by atoms with Gasteiger partial charge in [0.05, 0.1) is 17.6 Å². The molecular formula is C18H13N3O3S. The van der Waals surface area contributed by atoms with E-state index in [1.807, 2.05) is 41.8 Å². The number of amides is 1. The lowest BCUT2D eigenvalue weighted by Crippen LogP contribution is -2.12. The third-order valence-electron chi connectivity index (χ3n) is 3.56. The highest BCUT2D eigenvalue weighted by Gasteiger charge is 2.14. The van der Waals surface area contributed by atoms with Gasteiger partial charge in [-0.25, -0.2) is 0 Å². The van der Waals surface area contributed by atoms with Gasteiger partial charge >= 0.3 is 0 Å². The molecule has 0 bridgehead atoms. The maximum absolute atomic E-state index is 12.2. The molecule has 0 fully saturated rings. The topological polar surface area (TPSA) is 81.2 Å². The van der Waals surface area contributed by atoms with E-state index in [9.17, 15) is 4.79 Å². The Morgan fingerprint density at radius 3 is 2.84 bits per heavy atom. The van der Waals surface area contributed by atoms with Crippen LogP contribution in [-0.2, 0) is 6.42 Å². The number of hydrogen-bond donors (Lipinski definition) is 1. The summed E-state index contributed by atoms with van der Waals surface area (Å²) >= 11 is 1.55. The lowest BCUT2D eigenvalue weighted by molar-refractivity contribution is 0.0996. The number of nitrogens with zero attached hydrogens (tertiary/aromatic N) is 2. The first-order chi connectivity index (χ1) is 12.3. The molecule has 0 aliphatic heterocycles. The fraction of sp³-hybridized carbons (Fsp3) is 0.0556. The first-order valence-corrected chi connectivity index (χ1v) is 8.47. The van der Waals surface area contributed by atoms with E-state index in [0.717, 1.165) is 10.4 Å². The highest BCUT2D eigenvalue weighted by molar-refractivity contribution is 7.13. The number of rotatable bonds is 5. The Morgan fingerprint density at radius 1 is 1.12 bits per heavy atom. The number of nitrogens with one attached hydrogen (secondary N) is 1. The van der Waals surface area contributed by atoms with Gasteiger partial charge in [0.15, 0.2) is 5.76 Å². The van der Waals surface area contributed by atoms with Crippen LogP contribution in [0, 0.1) is 0 Å². The smallest absolute Gasteiger partial charge is 0.291 e. The minimum absolute atomic E-state index is 0.257. The van der Waals surface area contributed by atoms with Crippen LogP contribution in [0.15, 0.2) is 69.1 Å². The minimum atomic E-state index is -0.303. The molecule has 0 atom stereocenters. The van der Waals surface area contributed by atoms with Crippen molar-refractivity contribution in [2.45, 2.75) is 6.42 Å². The van der Waals surface area contributed by atoms with Crippen LogP contribution in [0.1, 0.15) is 22.0 Å². The minimum Gasteiger partial charge on any atom is -0.459 e. The van der Waals surface area contributed by atoms with E-state index in [2.05, 4.69) is 15.5 Å². The molecule has 7 heteroatoms. The van der Waals surface area contributed by atoms with E-state index in [1.165, 1.54) is 6.26 Å².